The Morgan fingerprint density at radius 2 is 2.00 bits per heavy atom. The number of benzene rings is 1. The minimum absolute atomic E-state index is 0.455. The molecule has 0 radical (unpaired) electrons. The van der Waals surface area contributed by atoms with E-state index in [9.17, 15) is 0 Å². The van der Waals surface area contributed by atoms with Crippen LogP contribution < -0.4 is 5.73 Å². The van der Waals surface area contributed by atoms with Gasteiger partial charge in [0.2, 0.25) is 0 Å². The van der Waals surface area contributed by atoms with E-state index in [4.69, 9.17) is 28.9 Å². The Kier molecular flexibility index (Phi) is 2.99. The summed E-state index contributed by atoms with van der Waals surface area (Å²) in [6.45, 7) is 1.85. The van der Waals surface area contributed by atoms with E-state index in [1.807, 2.05) is 6.92 Å². The molecule has 0 aliphatic carbocycles. The van der Waals surface area contributed by atoms with Crippen molar-refractivity contribution in [3.63, 3.8) is 0 Å². The number of nitrogens with zero attached hydrogens (tertiary/aromatic N) is 2. The lowest BCUT2D eigenvalue weighted by Gasteiger charge is -2.05. The minimum Gasteiger partial charge on any atom is -0.383 e. The number of halogens is 2. The highest BCUT2D eigenvalue weighted by Crippen LogP contribution is 2.28. The summed E-state index contributed by atoms with van der Waals surface area (Å²) in [5, 5.41) is 1.09. The van der Waals surface area contributed by atoms with Gasteiger partial charge in [0.25, 0.3) is 0 Å². The first-order valence-electron chi connectivity index (χ1n) is 4.62. The van der Waals surface area contributed by atoms with Crippen molar-refractivity contribution in [1.82, 2.24) is 9.97 Å². The Bertz CT molecular complexity index is 541. The molecule has 0 fully saturated rings. The smallest absolute Gasteiger partial charge is 0.163 e. The predicted octanol–water partition coefficient (Wildman–Crippen LogP) is 3.34. The first-order valence-corrected chi connectivity index (χ1v) is 5.38. The second kappa shape index (κ2) is 4.28. The Hall–Kier alpha value is -1.32. The van der Waals surface area contributed by atoms with Crippen LogP contribution in [-0.4, -0.2) is 9.97 Å². The van der Waals surface area contributed by atoms with E-state index in [1.165, 1.54) is 0 Å². The fraction of sp³-hybridized carbons (Fsp3) is 0.0909. The Balaban J connectivity index is 2.54. The third-order valence-corrected chi connectivity index (χ3v) is 2.73. The van der Waals surface area contributed by atoms with Gasteiger partial charge in [0.05, 0.1) is 5.02 Å². The Labute approximate surface area is 103 Å². The molecule has 0 aliphatic heterocycles. The standard InChI is InChI=1S/C11H9Cl2N3/c1-6-5-15-11(16-10(6)14)8-3-2-7(12)4-9(8)13/h2-5H,1H3,(H2,14,15,16). The van der Waals surface area contributed by atoms with E-state index in [2.05, 4.69) is 9.97 Å². The summed E-state index contributed by atoms with van der Waals surface area (Å²) in [7, 11) is 0. The second-order valence-electron chi connectivity index (χ2n) is 3.39. The molecule has 5 heteroatoms. The highest BCUT2D eigenvalue weighted by Gasteiger charge is 2.08. The minimum atomic E-state index is 0.455. The number of aromatic nitrogens is 2. The fourth-order valence-electron chi connectivity index (χ4n) is 1.26. The lowest BCUT2D eigenvalue weighted by Crippen LogP contribution is -1.98. The number of anilines is 1. The van der Waals surface area contributed by atoms with Gasteiger partial charge in [-0.2, -0.15) is 0 Å². The highest BCUT2D eigenvalue weighted by atomic mass is 35.5. The normalized spacial score (nSPS) is 10.4. The summed E-state index contributed by atoms with van der Waals surface area (Å²) in [4.78, 5) is 8.35. The van der Waals surface area contributed by atoms with Crippen molar-refractivity contribution < 1.29 is 0 Å². The van der Waals surface area contributed by atoms with Crippen LogP contribution in [0.1, 0.15) is 5.56 Å². The molecule has 16 heavy (non-hydrogen) atoms. The monoisotopic (exact) mass is 253 g/mol. The fourth-order valence-corrected chi connectivity index (χ4v) is 1.75. The summed E-state index contributed by atoms with van der Waals surface area (Å²) in [5.74, 6) is 0.959. The number of rotatable bonds is 1. The van der Waals surface area contributed by atoms with Gasteiger partial charge in [0, 0.05) is 22.3 Å². The quantitative estimate of drug-likeness (QED) is 0.849. The zero-order chi connectivity index (χ0) is 11.7. The largest absolute Gasteiger partial charge is 0.383 e. The van der Waals surface area contributed by atoms with Crippen LogP contribution in [0.15, 0.2) is 24.4 Å². The zero-order valence-electron chi connectivity index (χ0n) is 8.54. The third-order valence-electron chi connectivity index (χ3n) is 2.18. The molecule has 1 aromatic carbocycles. The maximum atomic E-state index is 6.05. The molecule has 0 amide bonds. The molecule has 1 heterocycles. The molecule has 0 aliphatic rings. The van der Waals surface area contributed by atoms with Crippen LogP contribution in [0, 0.1) is 6.92 Å². The molecule has 0 unspecified atom stereocenters. The van der Waals surface area contributed by atoms with Gasteiger partial charge in [0.1, 0.15) is 5.82 Å². The average molecular weight is 254 g/mol. The van der Waals surface area contributed by atoms with Crippen LogP contribution >= 0.6 is 23.2 Å². The number of nitrogens with two attached hydrogens (primary N) is 1. The topological polar surface area (TPSA) is 51.8 Å². The SMILES string of the molecule is Cc1cnc(-c2ccc(Cl)cc2Cl)nc1N. The molecule has 2 aromatic rings. The summed E-state index contributed by atoms with van der Waals surface area (Å²) in [5.41, 5.74) is 7.28. The van der Waals surface area contributed by atoms with Crippen molar-refractivity contribution in [2.24, 2.45) is 0 Å². The zero-order valence-corrected chi connectivity index (χ0v) is 10.0. The van der Waals surface area contributed by atoms with E-state index in [-0.39, 0.29) is 0 Å². The predicted molar refractivity (Wildman–Crippen MR) is 66.6 cm³/mol. The molecular formula is C11H9Cl2N3. The van der Waals surface area contributed by atoms with Crippen molar-refractivity contribution in [1.29, 1.82) is 0 Å². The van der Waals surface area contributed by atoms with Gasteiger partial charge in [-0.05, 0) is 25.1 Å². The number of hydrogen-bond donors (Lipinski definition) is 1. The lowest BCUT2D eigenvalue weighted by atomic mass is 10.2. The Morgan fingerprint density at radius 3 is 2.62 bits per heavy atom. The highest BCUT2D eigenvalue weighted by molar-refractivity contribution is 6.36. The molecule has 82 valence electrons. The van der Waals surface area contributed by atoms with Crippen molar-refractivity contribution in [3.05, 3.63) is 40.0 Å². The van der Waals surface area contributed by atoms with Crippen molar-refractivity contribution in [2.45, 2.75) is 6.92 Å². The summed E-state index contributed by atoms with van der Waals surface area (Å²) >= 11 is 11.9. The van der Waals surface area contributed by atoms with E-state index in [1.54, 1.807) is 24.4 Å². The third kappa shape index (κ3) is 2.10. The average Bonchev–Trinajstić information content (AvgIpc) is 2.22. The van der Waals surface area contributed by atoms with E-state index in [0.29, 0.717) is 21.7 Å². The van der Waals surface area contributed by atoms with Crippen molar-refractivity contribution in [2.75, 3.05) is 5.73 Å². The molecule has 1 aromatic heterocycles. The summed E-state index contributed by atoms with van der Waals surface area (Å²) in [6.07, 6.45) is 1.67. The van der Waals surface area contributed by atoms with Crippen LogP contribution in [-0.2, 0) is 0 Å². The summed E-state index contributed by atoms with van der Waals surface area (Å²) in [6, 6.07) is 5.16. The van der Waals surface area contributed by atoms with Crippen LogP contribution in [0.4, 0.5) is 5.82 Å². The number of aryl methyl sites for hydroxylation is 1. The van der Waals surface area contributed by atoms with Crippen LogP contribution in [0.3, 0.4) is 0 Å². The van der Waals surface area contributed by atoms with Crippen LogP contribution in [0.2, 0.25) is 10.0 Å². The first-order chi connectivity index (χ1) is 7.58. The molecule has 0 saturated heterocycles. The van der Waals surface area contributed by atoms with Crippen LogP contribution in [0.25, 0.3) is 11.4 Å². The summed E-state index contributed by atoms with van der Waals surface area (Å²) < 4.78 is 0. The molecule has 2 N–H and O–H groups in total. The van der Waals surface area contributed by atoms with Gasteiger partial charge in [-0.25, -0.2) is 9.97 Å². The molecular weight excluding hydrogens is 245 g/mol. The van der Waals surface area contributed by atoms with Gasteiger partial charge < -0.3 is 5.73 Å². The van der Waals surface area contributed by atoms with E-state index in [0.717, 1.165) is 11.1 Å². The van der Waals surface area contributed by atoms with Crippen LogP contribution in [0.5, 0.6) is 0 Å². The van der Waals surface area contributed by atoms with Gasteiger partial charge in [-0.1, -0.05) is 23.2 Å². The second-order valence-corrected chi connectivity index (χ2v) is 4.23. The van der Waals surface area contributed by atoms with Crippen molar-refractivity contribution >= 4 is 29.0 Å². The Morgan fingerprint density at radius 1 is 1.25 bits per heavy atom. The van der Waals surface area contributed by atoms with Gasteiger partial charge in [-0.15, -0.1) is 0 Å². The molecule has 2 rings (SSSR count). The van der Waals surface area contributed by atoms with E-state index < -0.39 is 0 Å². The molecule has 3 nitrogen and oxygen atoms in total. The first kappa shape index (κ1) is 11.2. The molecule has 0 atom stereocenters. The molecule has 0 bridgehead atoms. The van der Waals surface area contributed by atoms with Gasteiger partial charge in [0.15, 0.2) is 5.82 Å². The molecule has 0 spiro atoms. The van der Waals surface area contributed by atoms with Gasteiger partial charge >= 0.3 is 0 Å². The number of nitrogen functional groups attached to an aromatic ring is 1. The molecule has 0 saturated carbocycles. The van der Waals surface area contributed by atoms with E-state index >= 15 is 0 Å². The van der Waals surface area contributed by atoms with Crippen molar-refractivity contribution in [3.8, 4) is 11.4 Å². The lowest BCUT2D eigenvalue weighted by molar-refractivity contribution is 1.15. The van der Waals surface area contributed by atoms with Gasteiger partial charge in [-0.3, -0.25) is 0 Å². The maximum absolute atomic E-state index is 6.05. The number of hydrogen-bond acceptors (Lipinski definition) is 3. The maximum Gasteiger partial charge on any atom is 0.163 e.